The van der Waals surface area contributed by atoms with Crippen molar-refractivity contribution in [1.82, 2.24) is 19.6 Å². The molecule has 6 nitrogen and oxygen atoms in total. The van der Waals surface area contributed by atoms with Gasteiger partial charge in [-0.3, -0.25) is 9.78 Å². The highest BCUT2D eigenvalue weighted by atomic mass is 16.1. The summed E-state index contributed by atoms with van der Waals surface area (Å²) in [6.07, 6.45) is 6.78. The molecule has 1 amide bonds. The van der Waals surface area contributed by atoms with Crippen molar-refractivity contribution in [1.29, 1.82) is 0 Å². The number of aromatic nitrogens is 4. The van der Waals surface area contributed by atoms with E-state index in [1.165, 1.54) is 0 Å². The van der Waals surface area contributed by atoms with Crippen LogP contribution in [0.4, 0.5) is 5.69 Å². The van der Waals surface area contributed by atoms with E-state index in [0.29, 0.717) is 16.9 Å². The van der Waals surface area contributed by atoms with Crippen molar-refractivity contribution in [2.45, 2.75) is 0 Å². The Morgan fingerprint density at radius 2 is 1.57 bits per heavy atom. The van der Waals surface area contributed by atoms with Crippen LogP contribution in [0.2, 0.25) is 0 Å². The van der Waals surface area contributed by atoms with Gasteiger partial charge < -0.3 is 5.32 Å². The normalized spacial score (nSPS) is 10.8. The molecule has 1 N–H and O–H groups in total. The molecule has 0 fully saturated rings. The molecule has 0 spiro atoms. The van der Waals surface area contributed by atoms with E-state index < -0.39 is 0 Å². The summed E-state index contributed by atoms with van der Waals surface area (Å²) in [5.74, 6) is -0.266. The molecule has 5 rings (SSSR count). The first-order chi connectivity index (χ1) is 14.8. The Morgan fingerprint density at radius 3 is 2.33 bits per heavy atom. The van der Waals surface area contributed by atoms with Gasteiger partial charge in [-0.05, 0) is 17.7 Å². The third-order valence-electron chi connectivity index (χ3n) is 4.83. The Morgan fingerprint density at radius 1 is 0.833 bits per heavy atom. The van der Waals surface area contributed by atoms with E-state index >= 15 is 0 Å². The van der Waals surface area contributed by atoms with Crippen molar-refractivity contribution < 1.29 is 4.79 Å². The molecule has 144 valence electrons. The fourth-order valence-corrected chi connectivity index (χ4v) is 3.38. The summed E-state index contributed by atoms with van der Waals surface area (Å²) in [6, 6.07) is 23.2. The van der Waals surface area contributed by atoms with Crippen LogP contribution < -0.4 is 5.32 Å². The summed E-state index contributed by atoms with van der Waals surface area (Å²) in [5.41, 5.74) is 5.20. The fraction of sp³-hybridized carbons (Fsp3) is 0. The van der Waals surface area contributed by atoms with E-state index in [2.05, 4.69) is 20.4 Å². The van der Waals surface area contributed by atoms with Crippen LogP contribution >= 0.6 is 0 Å². The number of fused-ring (bicyclic) bond motifs is 1. The summed E-state index contributed by atoms with van der Waals surface area (Å²) >= 11 is 0. The number of imidazole rings is 1. The highest BCUT2D eigenvalue weighted by molar-refractivity contribution is 6.09. The maximum atomic E-state index is 13.1. The van der Waals surface area contributed by atoms with Crippen molar-refractivity contribution in [3.63, 3.8) is 0 Å². The van der Waals surface area contributed by atoms with Gasteiger partial charge in [0.25, 0.3) is 5.91 Å². The number of nitrogens with one attached hydrogen (secondary N) is 1. The zero-order chi connectivity index (χ0) is 20.3. The first-order valence-corrected chi connectivity index (χ1v) is 9.50. The van der Waals surface area contributed by atoms with Crippen LogP contribution in [0.5, 0.6) is 0 Å². The highest BCUT2D eigenvalue weighted by Gasteiger charge is 2.16. The molecule has 0 aliphatic carbocycles. The second-order valence-electron chi connectivity index (χ2n) is 6.75. The Labute approximate surface area is 172 Å². The molecule has 3 heterocycles. The number of pyridine rings is 1. The van der Waals surface area contributed by atoms with Crippen LogP contribution in [-0.2, 0) is 0 Å². The minimum atomic E-state index is -0.266. The fourth-order valence-electron chi connectivity index (χ4n) is 3.38. The quantitative estimate of drug-likeness (QED) is 0.482. The van der Waals surface area contributed by atoms with E-state index in [0.717, 1.165) is 22.4 Å². The van der Waals surface area contributed by atoms with Crippen molar-refractivity contribution in [3.05, 3.63) is 103 Å². The molecule has 0 aliphatic rings. The third kappa shape index (κ3) is 3.31. The van der Waals surface area contributed by atoms with Crippen LogP contribution in [0.1, 0.15) is 10.4 Å². The smallest absolute Gasteiger partial charge is 0.259 e. The lowest BCUT2D eigenvalue weighted by Crippen LogP contribution is -2.14. The minimum Gasteiger partial charge on any atom is -0.320 e. The molecule has 0 saturated carbocycles. The van der Waals surface area contributed by atoms with Gasteiger partial charge in [0.15, 0.2) is 5.65 Å². The molecule has 0 bridgehead atoms. The molecule has 0 aliphatic heterocycles. The Balaban J connectivity index is 1.52. The van der Waals surface area contributed by atoms with E-state index in [4.69, 9.17) is 0 Å². The van der Waals surface area contributed by atoms with Gasteiger partial charge in [0.2, 0.25) is 0 Å². The Bertz CT molecular complexity index is 1330. The number of carbonyl (C=O) groups is 1. The van der Waals surface area contributed by atoms with Crippen LogP contribution in [0.3, 0.4) is 0 Å². The number of hydrogen-bond acceptors (Lipinski definition) is 4. The lowest BCUT2D eigenvalue weighted by atomic mass is 10.1. The molecule has 30 heavy (non-hydrogen) atoms. The predicted molar refractivity (Wildman–Crippen MR) is 116 cm³/mol. The summed E-state index contributed by atoms with van der Waals surface area (Å²) in [5, 5.41) is 7.29. The van der Waals surface area contributed by atoms with Gasteiger partial charge in [0, 0.05) is 23.5 Å². The Kier molecular flexibility index (Phi) is 4.50. The second-order valence-corrected chi connectivity index (χ2v) is 6.75. The average Bonchev–Trinajstić information content (AvgIpc) is 3.25. The number of nitrogens with zero attached hydrogens (tertiary/aromatic N) is 4. The van der Waals surface area contributed by atoms with Crippen molar-refractivity contribution in [2.75, 3.05) is 5.32 Å². The first kappa shape index (κ1) is 17.8. The summed E-state index contributed by atoms with van der Waals surface area (Å²) in [6.45, 7) is 0. The minimum absolute atomic E-state index is 0.266. The van der Waals surface area contributed by atoms with E-state index in [1.807, 2.05) is 72.9 Å². The number of benzene rings is 2. The van der Waals surface area contributed by atoms with E-state index in [-0.39, 0.29) is 5.91 Å². The van der Waals surface area contributed by atoms with Gasteiger partial charge in [0.1, 0.15) is 0 Å². The largest absolute Gasteiger partial charge is 0.320 e. The summed E-state index contributed by atoms with van der Waals surface area (Å²) in [7, 11) is 0. The molecule has 0 saturated heterocycles. The number of hydrogen-bond donors (Lipinski definition) is 1. The molecule has 0 unspecified atom stereocenters. The Hall–Kier alpha value is -4.32. The molecule has 2 aromatic carbocycles. The summed E-state index contributed by atoms with van der Waals surface area (Å²) in [4.78, 5) is 22.0. The van der Waals surface area contributed by atoms with Gasteiger partial charge in [-0.15, -0.1) is 0 Å². The van der Waals surface area contributed by atoms with Crippen molar-refractivity contribution in [2.24, 2.45) is 0 Å². The van der Waals surface area contributed by atoms with E-state index in [9.17, 15) is 4.79 Å². The molecular formula is C24H17N5O. The first-order valence-electron chi connectivity index (χ1n) is 9.50. The number of carbonyl (C=O) groups excluding carboxylic acids is 1. The maximum Gasteiger partial charge on any atom is 0.259 e. The van der Waals surface area contributed by atoms with Crippen molar-refractivity contribution >= 4 is 17.2 Å². The number of amides is 1. The summed E-state index contributed by atoms with van der Waals surface area (Å²) < 4.78 is 1.62. The second kappa shape index (κ2) is 7.60. The van der Waals surface area contributed by atoms with Crippen LogP contribution in [0.25, 0.3) is 28.0 Å². The average molecular weight is 391 g/mol. The van der Waals surface area contributed by atoms with Crippen LogP contribution in [-0.4, -0.2) is 25.5 Å². The van der Waals surface area contributed by atoms with Crippen LogP contribution in [0, 0.1) is 0 Å². The van der Waals surface area contributed by atoms with Gasteiger partial charge >= 0.3 is 0 Å². The lowest BCUT2D eigenvalue weighted by molar-refractivity contribution is 0.102. The topological polar surface area (TPSA) is 72.2 Å². The van der Waals surface area contributed by atoms with Gasteiger partial charge in [-0.1, -0.05) is 60.7 Å². The zero-order valence-electron chi connectivity index (χ0n) is 15.9. The number of anilines is 1. The molecule has 5 aromatic rings. The predicted octanol–water partition coefficient (Wildman–Crippen LogP) is 4.71. The van der Waals surface area contributed by atoms with Gasteiger partial charge in [-0.2, -0.15) is 5.10 Å². The molecule has 3 aromatic heterocycles. The highest BCUT2D eigenvalue weighted by Crippen LogP contribution is 2.27. The molecular weight excluding hydrogens is 374 g/mol. The van der Waals surface area contributed by atoms with Crippen LogP contribution in [0.15, 0.2) is 97.6 Å². The van der Waals surface area contributed by atoms with Gasteiger partial charge in [0.05, 0.1) is 29.3 Å². The lowest BCUT2D eigenvalue weighted by Gasteiger charge is -2.11. The standard InChI is InChI=1S/C24H17N5O/c30-24(28-21-15-25-13-11-19(21)17-7-3-1-4-8-17)20-12-14-26-29-16-22(27-23(20)29)18-9-5-2-6-10-18/h1-16H,(H,28,30). The molecule has 0 radical (unpaired) electrons. The maximum absolute atomic E-state index is 13.1. The van der Waals surface area contributed by atoms with E-state index in [1.54, 1.807) is 29.2 Å². The zero-order valence-corrected chi connectivity index (χ0v) is 15.9. The number of rotatable bonds is 4. The van der Waals surface area contributed by atoms with Crippen molar-refractivity contribution in [3.8, 4) is 22.4 Å². The third-order valence-corrected chi connectivity index (χ3v) is 4.83. The monoisotopic (exact) mass is 391 g/mol. The molecule has 0 atom stereocenters. The SMILES string of the molecule is O=C(Nc1cnccc1-c1ccccc1)c1ccnn2cc(-c3ccccc3)nc12. The molecule has 6 heteroatoms. The van der Waals surface area contributed by atoms with Gasteiger partial charge in [-0.25, -0.2) is 9.50 Å².